The third kappa shape index (κ3) is 3.67. The van der Waals surface area contributed by atoms with Gasteiger partial charge in [-0.05, 0) is 24.1 Å². The molecule has 2 rings (SSSR count). The Labute approximate surface area is 129 Å². The molecule has 0 aliphatic carbocycles. The van der Waals surface area contributed by atoms with E-state index >= 15 is 0 Å². The summed E-state index contributed by atoms with van der Waals surface area (Å²) in [6.45, 7) is 2.09. The molecule has 0 saturated heterocycles. The van der Waals surface area contributed by atoms with Gasteiger partial charge in [0.1, 0.15) is 17.5 Å². The van der Waals surface area contributed by atoms with Crippen molar-refractivity contribution in [3.05, 3.63) is 76.6 Å². The van der Waals surface area contributed by atoms with Crippen LogP contribution in [0.1, 0.15) is 34.8 Å². The van der Waals surface area contributed by atoms with Gasteiger partial charge < -0.3 is 0 Å². The first-order valence-corrected chi connectivity index (χ1v) is 7.15. The maximum Gasteiger partial charge on any atom is 0.203 e. The zero-order valence-corrected chi connectivity index (χ0v) is 12.3. The molecule has 0 spiro atoms. The molecule has 22 heavy (non-hydrogen) atoms. The fourth-order valence-corrected chi connectivity index (χ4v) is 2.16. The fraction of sp³-hybridized carbons (Fsp3) is 0.158. The number of hydrogen-bond acceptors (Lipinski definition) is 2. The lowest BCUT2D eigenvalue weighted by atomic mass is 10.00. The van der Waals surface area contributed by atoms with E-state index in [0.717, 1.165) is 18.4 Å². The predicted molar refractivity (Wildman–Crippen MR) is 84.8 cm³/mol. The lowest BCUT2D eigenvalue weighted by Gasteiger charge is -2.03. The van der Waals surface area contributed by atoms with Crippen molar-refractivity contribution >= 4 is 11.9 Å². The van der Waals surface area contributed by atoms with Gasteiger partial charge in [0.25, 0.3) is 0 Å². The van der Waals surface area contributed by atoms with Gasteiger partial charge in [-0.15, -0.1) is 0 Å². The van der Waals surface area contributed by atoms with Crippen LogP contribution in [-0.2, 0) is 6.42 Å². The first kappa shape index (κ1) is 15.7. The summed E-state index contributed by atoms with van der Waals surface area (Å²) in [4.78, 5) is 12.3. The van der Waals surface area contributed by atoms with Crippen LogP contribution in [0.15, 0.2) is 54.1 Å². The second-order valence-electron chi connectivity index (χ2n) is 4.97. The quantitative estimate of drug-likeness (QED) is 0.460. The molecular weight excluding hydrogens is 277 g/mol. The molecule has 0 saturated carbocycles. The van der Waals surface area contributed by atoms with Crippen molar-refractivity contribution in [1.82, 2.24) is 0 Å². The summed E-state index contributed by atoms with van der Waals surface area (Å²) < 4.78 is 13.6. The third-order valence-corrected chi connectivity index (χ3v) is 3.32. The monoisotopic (exact) mass is 293 g/mol. The number of allylic oxidation sites excluding steroid dienone is 1. The Morgan fingerprint density at radius 2 is 1.86 bits per heavy atom. The average Bonchev–Trinajstić information content (AvgIpc) is 2.54. The lowest BCUT2D eigenvalue weighted by molar-refractivity contribution is 0.104. The molecule has 0 fully saturated rings. The molecule has 2 aromatic carbocycles. The SMILES string of the molecule is CCCc1ccc(C(=O)/C(C#N)=C/c2ccccc2F)cc1. The van der Waals surface area contributed by atoms with E-state index in [4.69, 9.17) is 0 Å². The molecule has 0 N–H and O–H groups in total. The summed E-state index contributed by atoms with van der Waals surface area (Å²) >= 11 is 0. The number of benzene rings is 2. The lowest BCUT2D eigenvalue weighted by Crippen LogP contribution is -2.02. The van der Waals surface area contributed by atoms with Gasteiger partial charge in [-0.2, -0.15) is 5.26 Å². The Bertz CT molecular complexity index is 739. The molecule has 2 aromatic rings. The summed E-state index contributed by atoms with van der Waals surface area (Å²) in [7, 11) is 0. The van der Waals surface area contributed by atoms with Gasteiger partial charge in [-0.3, -0.25) is 4.79 Å². The highest BCUT2D eigenvalue weighted by molar-refractivity contribution is 6.14. The summed E-state index contributed by atoms with van der Waals surface area (Å²) in [6.07, 6.45) is 3.27. The van der Waals surface area contributed by atoms with Gasteiger partial charge >= 0.3 is 0 Å². The zero-order valence-electron chi connectivity index (χ0n) is 12.3. The molecule has 0 aliphatic rings. The van der Waals surface area contributed by atoms with Crippen molar-refractivity contribution in [3.8, 4) is 6.07 Å². The molecule has 110 valence electrons. The largest absolute Gasteiger partial charge is 0.288 e. The number of halogens is 1. The molecule has 0 bridgehead atoms. The van der Waals surface area contributed by atoms with E-state index in [0.29, 0.717) is 5.56 Å². The first-order chi connectivity index (χ1) is 10.7. The predicted octanol–water partition coefficient (Wildman–Crippen LogP) is 4.57. The van der Waals surface area contributed by atoms with Gasteiger partial charge in [0.2, 0.25) is 5.78 Å². The highest BCUT2D eigenvalue weighted by Crippen LogP contribution is 2.16. The number of nitrogens with zero attached hydrogens (tertiary/aromatic N) is 1. The number of Topliss-reactive ketones (excluding diaryl/α,β-unsaturated/α-hetero) is 1. The van der Waals surface area contributed by atoms with Gasteiger partial charge in [0, 0.05) is 11.1 Å². The van der Waals surface area contributed by atoms with Crippen molar-refractivity contribution in [2.45, 2.75) is 19.8 Å². The zero-order chi connectivity index (χ0) is 15.9. The van der Waals surface area contributed by atoms with E-state index in [1.54, 1.807) is 24.3 Å². The maximum absolute atomic E-state index is 13.6. The van der Waals surface area contributed by atoms with E-state index in [-0.39, 0.29) is 11.1 Å². The highest BCUT2D eigenvalue weighted by atomic mass is 19.1. The van der Waals surface area contributed by atoms with E-state index in [1.807, 2.05) is 18.2 Å². The minimum absolute atomic E-state index is 0.0756. The van der Waals surface area contributed by atoms with Crippen LogP contribution in [0, 0.1) is 17.1 Å². The van der Waals surface area contributed by atoms with E-state index in [1.165, 1.54) is 18.2 Å². The van der Waals surface area contributed by atoms with Crippen LogP contribution in [0.4, 0.5) is 4.39 Å². The molecular formula is C19H16FNO. The summed E-state index contributed by atoms with van der Waals surface area (Å²) in [5, 5.41) is 9.19. The molecule has 0 heterocycles. The van der Waals surface area contributed by atoms with Crippen LogP contribution in [-0.4, -0.2) is 5.78 Å². The molecule has 0 atom stereocenters. The Balaban J connectivity index is 2.30. The maximum atomic E-state index is 13.6. The second kappa shape index (κ2) is 7.33. The smallest absolute Gasteiger partial charge is 0.203 e. The minimum atomic E-state index is -0.457. The summed E-state index contributed by atoms with van der Waals surface area (Å²) in [6, 6.07) is 15.1. The molecule has 0 aliphatic heterocycles. The normalized spacial score (nSPS) is 11.0. The Morgan fingerprint density at radius 1 is 1.18 bits per heavy atom. The molecule has 2 nitrogen and oxygen atoms in total. The van der Waals surface area contributed by atoms with Crippen molar-refractivity contribution in [1.29, 1.82) is 5.26 Å². The summed E-state index contributed by atoms with van der Waals surface area (Å²) in [5.41, 5.74) is 1.74. The van der Waals surface area contributed by atoms with Crippen molar-refractivity contribution in [2.75, 3.05) is 0 Å². The Kier molecular flexibility index (Phi) is 5.21. The Hall–Kier alpha value is -2.73. The number of hydrogen-bond donors (Lipinski definition) is 0. The molecule has 3 heteroatoms. The number of nitriles is 1. The highest BCUT2D eigenvalue weighted by Gasteiger charge is 2.13. The minimum Gasteiger partial charge on any atom is -0.288 e. The molecule has 0 radical (unpaired) electrons. The molecule has 0 unspecified atom stereocenters. The van der Waals surface area contributed by atoms with Gasteiger partial charge in [0.05, 0.1) is 0 Å². The second-order valence-corrected chi connectivity index (χ2v) is 4.97. The van der Waals surface area contributed by atoms with Gasteiger partial charge in [0.15, 0.2) is 0 Å². The van der Waals surface area contributed by atoms with E-state index < -0.39 is 11.6 Å². The third-order valence-electron chi connectivity index (χ3n) is 3.32. The standard InChI is InChI=1S/C19H16FNO/c1-2-5-14-8-10-15(11-9-14)19(22)17(13-21)12-16-6-3-4-7-18(16)20/h3-4,6-12H,2,5H2,1H3/b17-12+. The molecule has 0 amide bonds. The fourth-order valence-electron chi connectivity index (χ4n) is 2.16. The number of carbonyl (C=O) groups is 1. The average molecular weight is 293 g/mol. The number of carbonyl (C=O) groups excluding carboxylic acids is 1. The topological polar surface area (TPSA) is 40.9 Å². The Morgan fingerprint density at radius 3 is 2.45 bits per heavy atom. The molecule has 0 aromatic heterocycles. The summed E-state index contributed by atoms with van der Waals surface area (Å²) in [5.74, 6) is -0.852. The van der Waals surface area contributed by atoms with E-state index in [2.05, 4.69) is 6.92 Å². The van der Waals surface area contributed by atoms with Crippen molar-refractivity contribution < 1.29 is 9.18 Å². The van der Waals surface area contributed by atoms with Crippen LogP contribution in [0.5, 0.6) is 0 Å². The first-order valence-electron chi connectivity index (χ1n) is 7.15. The van der Waals surface area contributed by atoms with Crippen molar-refractivity contribution in [3.63, 3.8) is 0 Å². The van der Waals surface area contributed by atoms with E-state index in [9.17, 15) is 14.4 Å². The van der Waals surface area contributed by atoms with Crippen LogP contribution < -0.4 is 0 Å². The van der Waals surface area contributed by atoms with Crippen LogP contribution in [0.3, 0.4) is 0 Å². The van der Waals surface area contributed by atoms with Gasteiger partial charge in [-0.1, -0.05) is 55.8 Å². The number of aryl methyl sites for hydroxylation is 1. The number of rotatable bonds is 5. The van der Waals surface area contributed by atoms with Crippen molar-refractivity contribution in [2.24, 2.45) is 0 Å². The number of ketones is 1. The van der Waals surface area contributed by atoms with Gasteiger partial charge in [-0.25, -0.2) is 4.39 Å². The van der Waals surface area contributed by atoms with Crippen LogP contribution in [0.2, 0.25) is 0 Å². The van der Waals surface area contributed by atoms with Crippen LogP contribution >= 0.6 is 0 Å². The van der Waals surface area contributed by atoms with Crippen LogP contribution in [0.25, 0.3) is 6.08 Å².